The maximum atomic E-state index is 12.6. The maximum absolute atomic E-state index is 12.6. The van der Waals surface area contributed by atoms with Gasteiger partial charge in [0, 0.05) is 19.3 Å². The van der Waals surface area contributed by atoms with Gasteiger partial charge in [0.2, 0.25) is 0 Å². The Labute approximate surface area is 118 Å². The summed E-state index contributed by atoms with van der Waals surface area (Å²) in [5, 5.41) is 4.11. The number of hydrogen-bond donors (Lipinski definition) is 1. The van der Waals surface area contributed by atoms with Gasteiger partial charge in [-0.2, -0.15) is 5.10 Å². The van der Waals surface area contributed by atoms with Crippen LogP contribution in [0.25, 0.3) is 0 Å². The molecule has 0 aliphatic carbocycles. The first kappa shape index (κ1) is 14.0. The fourth-order valence-electron chi connectivity index (χ4n) is 2.04. The molecule has 0 aliphatic heterocycles. The van der Waals surface area contributed by atoms with E-state index in [-0.39, 0.29) is 5.91 Å². The molecule has 2 aromatic heterocycles. The smallest absolute Gasteiger partial charge is 0.274 e. The van der Waals surface area contributed by atoms with Crippen molar-refractivity contribution in [2.45, 2.75) is 26.9 Å². The second kappa shape index (κ2) is 6.18. The molecule has 0 unspecified atom stereocenters. The van der Waals surface area contributed by atoms with Crippen molar-refractivity contribution in [2.75, 3.05) is 12.3 Å². The molecule has 0 fully saturated rings. The van der Waals surface area contributed by atoms with Crippen LogP contribution < -0.4 is 5.73 Å². The highest BCUT2D eigenvalue weighted by Gasteiger charge is 2.21. The van der Waals surface area contributed by atoms with Crippen LogP contribution in [0.3, 0.4) is 0 Å². The molecule has 0 atom stereocenters. The van der Waals surface area contributed by atoms with Gasteiger partial charge in [0.1, 0.15) is 5.69 Å². The molecule has 0 aromatic carbocycles. The molecule has 0 spiro atoms. The van der Waals surface area contributed by atoms with Crippen LogP contribution in [-0.4, -0.2) is 32.1 Å². The molecule has 0 bridgehead atoms. The molecular formula is C14H19N5O. The lowest BCUT2D eigenvalue weighted by atomic mass is 10.2. The number of carbonyl (C=O) groups is 1. The lowest BCUT2D eigenvalue weighted by Crippen LogP contribution is -2.32. The van der Waals surface area contributed by atoms with Gasteiger partial charge >= 0.3 is 0 Å². The molecule has 0 radical (unpaired) electrons. The van der Waals surface area contributed by atoms with E-state index in [1.165, 1.54) is 6.20 Å². The number of hydrogen-bond acceptors (Lipinski definition) is 4. The number of carbonyl (C=O) groups excluding carboxylic acids is 1. The van der Waals surface area contributed by atoms with Gasteiger partial charge in [0.05, 0.1) is 24.1 Å². The summed E-state index contributed by atoms with van der Waals surface area (Å²) in [6.07, 6.45) is 3.24. The van der Waals surface area contributed by atoms with Crippen molar-refractivity contribution in [3.8, 4) is 0 Å². The van der Waals surface area contributed by atoms with Crippen LogP contribution >= 0.6 is 0 Å². The van der Waals surface area contributed by atoms with E-state index in [0.717, 1.165) is 5.69 Å². The van der Waals surface area contributed by atoms with Gasteiger partial charge in [-0.1, -0.05) is 6.07 Å². The van der Waals surface area contributed by atoms with E-state index in [9.17, 15) is 4.79 Å². The van der Waals surface area contributed by atoms with Gasteiger partial charge in [-0.25, -0.2) is 0 Å². The van der Waals surface area contributed by atoms with Gasteiger partial charge in [-0.05, 0) is 26.0 Å². The quantitative estimate of drug-likeness (QED) is 0.896. The third-order valence-corrected chi connectivity index (χ3v) is 3.12. The summed E-state index contributed by atoms with van der Waals surface area (Å²) in [7, 11) is 0. The third-order valence-electron chi connectivity index (χ3n) is 3.12. The molecule has 106 valence electrons. The van der Waals surface area contributed by atoms with Crippen LogP contribution in [0.2, 0.25) is 0 Å². The average Bonchev–Trinajstić information content (AvgIpc) is 2.86. The Bertz CT molecular complexity index is 579. The number of nitrogens with two attached hydrogens (primary N) is 1. The maximum Gasteiger partial charge on any atom is 0.274 e. The zero-order valence-electron chi connectivity index (χ0n) is 11.8. The van der Waals surface area contributed by atoms with Crippen molar-refractivity contribution < 1.29 is 4.79 Å². The second-order valence-electron chi connectivity index (χ2n) is 4.40. The van der Waals surface area contributed by atoms with E-state index in [4.69, 9.17) is 5.73 Å². The summed E-state index contributed by atoms with van der Waals surface area (Å²) in [5.41, 5.74) is 7.57. The molecule has 2 N–H and O–H groups in total. The lowest BCUT2D eigenvalue weighted by Gasteiger charge is -2.21. The summed E-state index contributed by atoms with van der Waals surface area (Å²) >= 11 is 0. The number of pyridine rings is 1. The Balaban J connectivity index is 2.23. The summed E-state index contributed by atoms with van der Waals surface area (Å²) in [4.78, 5) is 18.6. The number of nitrogen functional groups attached to an aromatic ring is 1. The van der Waals surface area contributed by atoms with Crippen molar-refractivity contribution in [1.29, 1.82) is 0 Å². The Morgan fingerprint density at radius 2 is 2.20 bits per heavy atom. The van der Waals surface area contributed by atoms with Gasteiger partial charge in [-0.15, -0.1) is 0 Å². The Morgan fingerprint density at radius 3 is 2.80 bits per heavy atom. The minimum absolute atomic E-state index is 0.116. The molecule has 6 nitrogen and oxygen atoms in total. The molecule has 20 heavy (non-hydrogen) atoms. The number of amides is 1. The molecule has 1 amide bonds. The summed E-state index contributed by atoms with van der Waals surface area (Å²) in [6, 6.07) is 5.66. The average molecular weight is 273 g/mol. The van der Waals surface area contributed by atoms with Crippen LogP contribution in [0.4, 0.5) is 5.69 Å². The number of anilines is 1. The highest BCUT2D eigenvalue weighted by Crippen LogP contribution is 2.15. The number of aromatic nitrogens is 3. The van der Waals surface area contributed by atoms with Crippen LogP contribution in [0.15, 0.2) is 30.6 Å². The van der Waals surface area contributed by atoms with Crippen LogP contribution in [-0.2, 0) is 13.1 Å². The molecule has 6 heteroatoms. The van der Waals surface area contributed by atoms with Crippen LogP contribution in [0.1, 0.15) is 30.0 Å². The van der Waals surface area contributed by atoms with E-state index >= 15 is 0 Å². The van der Waals surface area contributed by atoms with E-state index in [1.54, 1.807) is 15.8 Å². The molecule has 2 aromatic rings. The van der Waals surface area contributed by atoms with Gasteiger partial charge < -0.3 is 10.6 Å². The molecule has 2 heterocycles. The lowest BCUT2D eigenvalue weighted by molar-refractivity contribution is 0.0739. The topological polar surface area (TPSA) is 77.0 Å². The van der Waals surface area contributed by atoms with Crippen molar-refractivity contribution in [1.82, 2.24) is 19.7 Å². The van der Waals surface area contributed by atoms with Crippen molar-refractivity contribution in [3.05, 3.63) is 42.0 Å². The van der Waals surface area contributed by atoms with Crippen molar-refractivity contribution in [2.24, 2.45) is 0 Å². The molecular weight excluding hydrogens is 254 g/mol. The highest BCUT2D eigenvalue weighted by molar-refractivity contribution is 5.97. The predicted octanol–water partition coefficient (Wildman–Crippen LogP) is 1.54. The summed E-state index contributed by atoms with van der Waals surface area (Å²) in [5.74, 6) is -0.116. The second-order valence-corrected chi connectivity index (χ2v) is 4.40. The molecule has 2 rings (SSSR count). The van der Waals surface area contributed by atoms with Gasteiger partial charge in [0.15, 0.2) is 0 Å². The fourth-order valence-corrected chi connectivity index (χ4v) is 2.04. The number of aryl methyl sites for hydroxylation is 1. The van der Waals surface area contributed by atoms with Crippen molar-refractivity contribution in [3.63, 3.8) is 0 Å². The minimum atomic E-state index is -0.116. The number of nitrogens with zero attached hydrogens (tertiary/aromatic N) is 4. The first-order chi connectivity index (χ1) is 9.67. The van der Waals surface area contributed by atoms with Crippen LogP contribution in [0, 0.1) is 0 Å². The Morgan fingerprint density at radius 1 is 1.40 bits per heavy atom. The standard InChI is InChI=1S/C14H19N5O/c1-3-18(10-11-7-5-6-8-16-11)14(20)13-12(15)9-17-19(13)4-2/h5-9H,3-4,10,15H2,1-2H3. The third kappa shape index (κ3) is 2.79. The number of rotatable bonds is 5. The predicted molar refractivity (Wildman–Crippen MR) is 77.0 cm³/mol. The Kier molecular flexibility index (Phi) is 4.34. The van der Waals surface area contributed by atoms with E-state index in [0.29, 0.717) is 31.0 Å². The summed E-state index contributed by atoms with van der Waals surface area (Å²) < 4.78 is 1.62. The van der Waals surface area contributed by atoms with E-state index < -0.39 is 0 Å². The molecule has 0 saturated carbocycles. The largest absolute Gasteiger partial charge is 0.396 e. The van der Waals surface area contributed by atoms with E-state index in [2.05, 4.69) is 10.1 Å². The first-order valence-electron chi connectivity index (χ1n) is 6.67. The monoisotopic (exact) mass is 273 g/mol. The molecule has 0 saturated heterocycles. The zero-order valence-corrected chi connectivity index (χ0v) is 11.8. The summed E-state index contributed by atoms with van der Waals surface area (Å²) in [6.45, 7) is 5.52. The normalized spacial score (nSPS) is 10.5. The zero-order chi connectivity index (χ0) is 14.5. The van der Waals surface area contributed by atoms with Gasteiger partial charge in [-0.3, -0.25) is 14.5 Å². The fraction of sp³-hybridized carbons (Fsp3) is 0.357. The molecule has 0 aliphatic rings. The van der Waals surface area contributed by atoms with Crippen LogP contribution in [0.5, 0.6) is 0 Å². The van der Waals surface area contributed by atoms with Gasteiger partial charge in [0.25, 0.3) is 5.91 Å². The van der Waals surface area contributed by atoms with Crippen molar-refractivity contribution >= 4 is 11.6 Å². The Hall–Kier alpha value is -2.37. The minimum Gasteiger partial charge on any atom is -0.396 e. The highest BCUT2D eigenvalue weighted by atomic mass is 16.2. The SMILES string of the molecule is CCN(Cc1ccccn1)C(=O)c1c(N)cnn1CC. The van der Waals surface area contributed by atoms with E-state index in [1.807, 2.05) is 32.0 Å². The first-order valence-corrected chi connectivity index (χ1v) is 6.67.